The summed E-state index contributed by atoms with van der Waals surface area (Å²) in [6, 6.07) is 3.59. The van der Waals surface area contributed by atoms with Crippen molar-refractivity contribution in [1.82, 2.24) is 10.3 Å². The lowest BCUT2D eigenvalue weighted by molar-refractivity contribution is 0.474. The number of nitrogens with zero attached hydrogens (tertiary/aromatic N) is 1. The Morgan fingerprint density at radius 1 is 1.33 bits per heavy atom. The lowest BCUT2D eigenvalue weighted by Gasteiger charge is -2.18. The average molecular weight is 268 g/mol. The highest BCUT2D eigenvalue weighted by molar-refractivity contribution is 7.09. The standard InChI is InChI=1S/C13H14F2N2S/c1-2-17-12(6-9-7-16-8-18-9)13-10(14)4-3-5-11(13)15/h3-5,7-8,12,17H,2,6H2,1H3. The first-order chi connectivity index (χ1) is 8.72. The minimum atomic E-state index is -0.509. The molecule has 1 aromatic heterocycles. The molecule has 0 bridgehead atoms. The lowest BCUT2D eigenvalue weighted by Crippen LogP contribution is -2.24. The molecule has 2 aromatic rings. The second-order valence-electron chi connectivity index (χ2n) is 3.92. The quantitative estimate of drug-likeness (QED) is 0.900. The van der Waals surface area contributed by atoms with Crippen molar-refractivity contribution in [3.8, 4) is 0 Å². The van der Waals surface area contributed by atoms with E-state index in [2.05, 4.69) is 10.3 Å². The van der Waals surface area contributed by atoms with Crippen molar-refractivity contribution in [2.24, 2.45) is 0 Å². The van der Waals surface area contributed by atoms with Crippen molar-refractivity contribution in [2.75, 3.05) is 6.54 Å². The molecule has 96 valence electrons. The molecule has 0 fully saturated rings. The fraction of sp³-hybridized carbons (Fsp3) is 0.308. The summed E-state index contributed by atoms with van der Waals surface area (Å²) in [5.74, 6) is -1.02. The van der Waals surface area contributed by atoms with Crippen LogP contribution < -0.4 is 5.32 Å². The molecule has 1 heterocycles. The van der Waals surface area contributed by atoms with Gasteiger partial charge in [-0.1, -0.05) is 13.0 Å². The summed E-state index contributed by atoms with van der Waals surface area (Å²) in [4.78, 5) is 4.98. The van der Waals surface area contributed by atoms with Crippen molar-refractivity contribution in [3.05, 3.63) is 52.0 Å². The summed E-state index contributed by atoms with van der Waals surface area (Å²) in [7, 11) is 0. The van der Waals surface area contributed by atoms with Crippen LogP contribution in [0.4, 0.5) is 8.78 Å². The van der Waals surface area contributed by atoms with Crippen molar-refractivity contribution in [2.45, 2.75) is 19.4 Å². The third kappa shape index (κ3) is 2.91. The molecule has 0 aliphatic carbocycles. The Kier molecular flexibility index (Phi) is 4.38. The molecule has 5 heteroatoms. The van der Waals surface area contributed by atoms with Gasteiger partial charge in [0.25, 0.3) is 0 Å². The van der Waals surface area contributed by atoms with E-state index in [1.54, 1.807) is 11.7 Å². The second-order valence-corrected chi connectivity index (χ2v) is 4.89. The van der Waals surface area contributed by atoms with Crippen LogP contribution in [0.3, 0.4) is 0 Å². The maximum atomic E-state index is 13.8. The number of nitrogens with one attached hydrogen (secondary N) is 1. The van der Waals surface area contributed by atoms with E-state index < -0.39 is 11.6 Å². The van der Waals surface area contributed by atoms with Gasteiger partial charge in [-0.3, -0.25) is 4.98 Å². The first-order valence-corrected chi connectivity index (χ1v) is 6.65. The van der Waals surface area contributed by atoms with Crippen LogP contribution in [0.25, 0.3) is 0 Å². The van der Waals surface area contributed by atoms with Crippen molar-refractivity contribution < 1.29 is 8.78 Å². The molecule has 0 aliphatic rings. The Morgan fingerprint density at radius 3 is 2.61 bits per heavy atom. The van der Waals surface area contributed by atoms with E-state index in [0.717, 1.165) is 4.88 Å². The number of rotatable bonds is 5. The molecule has 2 nitrogen and oxygen atoms in total. The summed E-state index contributed by atoms with van der Waals surface area (Å²) in [6.07, 6.45) is 2.27. The van der Waals surface area contributed by atoms with E-state index in [9.17, 15) is 8.78 Å². The molecule has 1 aromatic carbocycles. The molecule has 2 rings (SSSR count). The summed E-state index contributed by atoms with van der Waals surface area (Å²) >= 11 is 1.49. The van der Waals surface area contributed by atoms with E-state index >= 15 is 0 Å². The van der Waals surface area contributed by atoms with Crippen molar-refractivity contribution in [3.63, 3.8) is 0 Å². The van der Waals surface area contributed by atoms with Crippen molar-refractivity contribution >= 4 is 11.3 Å². The van der Waals surface area contributed by atoms with Gasteiger partial charge < -0.3 is 5.32 Å². The van der Waals surface area contributed by atoms with Gasteiger partial charge in [-0.15, -0.1) is 11.3 Å². The third-order valence-electron chi connectivity index (χ3n) is 2.69. The molecule has 0 saturated heterocycles. The van der Waals surface area contributed by atoms with Crippen LogP contribution in [-0.4, -0.2) is 11.5 Å². The number of hydrogen-bond donors (Lipinski definition) is 1. The molecule has 0 aliphatic heterocycles. The first-order valence-electron chi connectivity index (χ1n) is 5.77. The van der Waals surface area contributed by atoms with E-state index in [-0.39, 0.29) is 11.6 Å². The van der Waals surface area contributed by atoms with Gasteiger partial charge in [-0.25, -0.2) is 8.78 Å². The normalized spacial score (nSPS) is 12.6. The Labute approximate surface area is 109 Å². The zero-order valence-electron chi connectivity index (χ0n) is 9.99. The third-order valence-corrected chi connectivity index (χ3v) is 3.49. The Morgan fingerprint density at radius 2 is 2.06 bits per heavy atom. The van der Waals surface area contributed by atoms with Gasteiger partial charge in [0, 0.05) is 29.1 Å². The van der Waals surface area contributed by atoms with E-state index in [1.165, 1.54) is 29.5 Å². The zero-order chi connectivity index (χ0) is 13.0. The minimum Gasteiger partial charge on any atom is -0.310 e. The predicted molar refractivity (Wildman–Crippen MR) is 68.6 cm³/mol. The number of likely N-dealkylation sites (N-methyl/N-ethyl adjacent to an activating group) is 1. The molecular formula is C13H14F2N2S. The highest BCUT2D eigenvalue weighted by Gasteiger charge is 2.20. The fourth-order valence-electron chi connectivity index (χ4n) is 1.91. The van der Waals surface area contributed by atoms with Gasteiger partial charge in [0.1, 0.15) is 11.6 Å². The minimum absolute atomic E-state index is 0.104. The number of halogens is 2. The van der Waals surface area contributed by atoms with Gasteiger partial charge in [0.05, 0.1) is 5.51 Å². The van der Waals surface area contributed by atoms with Crippen LogP contribution in [0.1, 0.15) is 23.4 Å². The Hall–Kier alpha value is -1.33. The largest absolute Gasteiger partial charge is 0.310 e. The molecule has 0 radical (unpaired) electrons. The van der Waals surface area contributed by atoms with Gasteiger partial charge >= 0.3 is 0 Å². The topological polar surface area (TPSA) is 24.9 Å². The summed E-state index contributed by atoms with van der Waals surface area (Å²) in [6.45, 7) is 2.57. The van der Waals surface area contributed by atoms with E-state index in [0.29, 0.717) is 13.0 Å². The Bertz CT molecular complexity index is 479. The second kappa shape index (κ2) is 6.02. The smallest absolute Gasteiger partial charge is 0.130 e. The molecule has 0 amide bonds. The van der Waals surface area contributed by atoms with Gasteiger partial charge in [-0.2, -0.15) is 0 Å². The van der Waals surface area contributed by atoms with E-state index in [4.69, 9.17) is 0 Å². The average Bonchev–Trinajstić information content (AvgIpc) is 2.82. The highest BCUT2D eigenvalue weighted by atomic mass is 32.1. The molecule has 1 atom stereocenters. The van der Waals surface area contributed by atoms with Gasteiger partial charge in [-0.05, 0) is 18.7 Å². The number of hydrogen-bond acceptors (Lipinski definition) is 3. The lowest BCUT2D eigenvalue weighted by atomic mass is 10.0. The maximum absolute atomic E-state index is 13.8. The molecule has 0 spiro atoms. The van der Waals surface area contributed by atoms with Gasteiger partial charge in [0.2, 0.25) is 0 Å². The molecule has 18 heavy (non-hydrogen) atoms. The van der Waals surface area contributed by atoms with Crippen LogP contribution in [0.5, 0.6) is 0 Å². The van der Waals surface area contributed by atoms with Crippen molar-refractivity contribution in [1.29, 1.82) is 0 Å². The molecule has 1 unspecified atom stereocenters. The number of aromatic nitrogens is 1. The zero-order valence-corrected chi connectivity index (χ0v) is 10.8. The molecule has 1 N–H and O–H groups in total. The van der Waals surface area contributed by atoms with Crippen LogP contribution in [0.2, 0.25) is 0 Å². The van der Waals surface area contributed by atoms with Crippen LogP contribution >= 0.6 is 11.3 Å². The highest BCUT2D eigenvalue weighted by Crippen LogP contribution is 2.25. The fourth-order valence-corrected chi connectivity index (χ4v) is 2.55. The maximum Gasteiger partial charge on any atom is 0.130 e. The van der Waals surface area contributed by atoms with Gasteiger partial charge in [0.15, 0.2) is 0 Å². The van der Waals surface area contributed by atoms with Crippen LogP contribution in [-0.2, 0) is 6.42 Å². The van der Waals surface area contributed by atoms with Crippen LogP contribution in [0, 0.1) is 11.6 Å². The summed E-state index contributed by atoms with van der Waals surface area (Å²) < 4.78 is 27.5. The number of thiazole rings is 1. The SMILES string of the molecule is CCNC(Cc1cncs1)c1c(F)cccc1F. The van der Waals surface area contributed by atoms with Crippen LogP contribution in [0.15, 0.2) is 29.9 Å². The summed E-state index contributed by atoms with van der Waals surface area (Å²) in [5.41, 5.74) is 1.82. The monoisotopic (exact) mass is 268 g/mol. The summed E-state index contributed by atoms with van der Waals surface area (Å²) in [5, 5.41) is 3.12. The van der Waals surface area contributed by atoms with E-state index in [1.807, 2.05) is 6.92 Å². The first kappa shape index (κ1) is 13.1. The molecular weight excluding hydrogens is 254 g/mol. The predicted octanol–water partition coefficient (Wildman–Crippen LogP) is 3.31. The Balaban J connectivity index is 2.29. The number of benzene rings is 1. The molecule has 0 saturated carbocycles.